The minimum Gasteiger partial charge on any atom is -0.465 e. The van der Waals surface area contributed by atoms with Crippen molar-refractivity contribution in [2.75, 3.05) is 65.8 Å². The van der Waals surface area contributed by atoms with Gasteiger partial charge in [0.1, 0.15) is 32.5 Å². The molecule has 1 amide bonds. The first-order chi connectivity index (χ1) is 34.8. The second kappa shape index (κ2) is 49.9. The fourth-order valence-corrected chi connectivity index (χ4v) is 7.85. The zero-order chi connectivity index (χ0) is 51.5. The van der Waals surface area contributed by atoms with E-state index in [-0.39, 0.29) is 45.2 Å². The number of ether oxygens (including phenoxy) is 7. The second-order valence-electron chi connectivity index (χ2n) is 18.9. The Morgan fingerprint density at radius 3 is 1.65 bits per heavy atom. The number of alkyl carbamates (subject to hydrolysis) is 1. The molecule has 410 valence electrons. The van der Waals surface area contributed by atoms with E-state index < -0.39 is 36.5 Å². The Kier molecular flexibility index (Phi) is 45.9. The lowest BCUT2D eigenvalue weighted by molar-refractivity contribution is -0.161. The van der Waals surface area contributed by atoms with Gasteiger partial charge in [-0.25, -0.2) is 9.59 Å². The molecule has 0 saturated carbocycles. The quantitative estimate of drug-likeness (QED) is 0.0203. The van der Waals surface area contributed by atoms with Crippen LogP contribution in [0.4, 0.5) is 9.59 Å². The van der Waals surface area contributed by atoms with Crippen LogP contribution in [0.25, 0.3) is 0 Å². The summed E-state index contributed by atoms with van der Waals surface area (Å²) in [7, 11) is 0. The molecule has 13 nitrogen and oxygen atoms in total. The van der Waals surface area contributed by atoms with Crippen molar-refractivity contribution in [3.05, 3.63) is 48.6 Å². The summed E-state index contributed by atoms with van der Waals surface area (Å²) in [5.74, 6) is -1.44. The maximum atomic E-state index is 13.1. The lowest BCUT2D eigenvalue weighted by Crippen LogP contribution is -2.36. The van der Waals surface area contributed by atoms with Crippen molar-refractivity contribution in [3.8, 4) is 0 Å². The largest absolute Gasteiger partial charge is 0.508 e. The maximum Gasteiger partial charge on any atom is 0.508 e. The van der Waals surface area contributed by atoms with E-state index in [1.54, 1.807) is 0 Å². The van der Waals surface area contributed by atoms with E-state index >= 15 is 0 Å². The summed E-state index contributed by atoms with van der Waals surface area (Å²) in [4.78, 5) is 53.9. The number of carbonyl (C=O) groups is 4. The zero-order valence-corrected chi connectivity index (χ0v) is 45.4. The molecule has 2 atom stereocenters. The van der Waals surface area contributed by atoms with Gasteiger partial charge in [-0.1, -0.05) is 128 Å². The van der Waals surface area contributed by atoms with Crippen molar-refractivity contribution in [1.29, 1.82) is 0 Å². The Hall–Kier alpha value is -3.68. The van der Waals surface area contributed by atoms with E-state index in [1.165, 1.54) is 38.5 Å². The molecule has 2 unspecified atom stereocenters. The number of rotatable bonds is 48. The lowest BCUT2D eigenvalue weighted by Gasteiger charge is -2.21. The van der Waals surface area contributed by atoms with E-state index in [0.717, 1.165) is 142 Å². The normalized spacial score (nSPS) is 14.0. The molecule has 13 heteroatoms. The van der Waals surface area contributed by atoms with Crippen LogP contribution in [0, 0.1) is 5.92 Å². The molecule has 1 aliphatic rings. The first-order valence-electron chi connectivity index (χ1n) is 28.4. The molecule has 1 fully saturated rings. The third-order valence-electron chi connectivity index (χ3n) is 12.2. The highest BCUT2D eigenvalue weighted by molar-refractivity contribution is 5.70. The number of likely N-dealkylation sites (tertiary alicyclic amines) is 1. The van der Waals surface area contributed by atoms with Crippen molar-refractivity contribution in [1.82, 2.24) is 10.2 Å². The topological polar surface area (TPSA) is 148 Å². The number of carbonyl (C=O) groups excluding carboxylic acids is 4. The Bertz CT molecular complexity index is 1370. The van der Waals surface area contributed by atoms with Gasteiger partial charge in [0.05, 0.1) is 12.3 Å². The minimum absolute atomic E-state index is 0.0663. The van der Waals surface area contributed by atoms with E-state index in [4.69, 9.17) is 33.2 Å². The summed E-state index contributed by atoms with van der Waals surface area (Å²) in [6.45, 7) is 12.4. The Labute approximate surface area is 432 Å². The predicted octanol–water partition coefficient (Wildman–Crippen LogP) is 14.2. The third kappa shape index (κ3) is 43.6. The van der Waals surface area contributed by atoms with Crippen molar-refractivity contribution >= 4 is 24.2 Å². The monoisotopic (exact) mass is 1000 g/mol. The fraction of sp³-hybridized carbons (Fsp3) is 0.793. The number of unbranched alkanes of at least 4 members (excludes halogenated alkanes) is 15. The van der Waals surface area contributed by atoms with Gasteiger partial charge in [-0.05, 0) is 129 Å². The van der Waals surface area contributed by atoms with Crippen LogP contribution in [-0.4, -0.2) is 107 Å². The number of esters is 2. The summed E-state index contributed by atoms with van der Waals surface area (Å²) >= 11 is 0. The minimum atomic E-state index is -0.950. The SMILES string of the molecule is CC/C=C\CCCCOC(CCC(=O)OCC(COC(=O)CCCCCCCC=CC/C=C\CCCCC)COC(=O)OCC(CCCCCC)OC(=O)NCCN1CCCC1)OCCCC/C=C\CC. The van der Waals surface area contributed by atoms with Crippen LogP contribution in [0.3, 0.4) is 0 Å². The molecule has 0 spiro atoms. The highest BCUT2D eigenvalue weighted by atomic mass is 16.7. The molecule has 71 heavy (non-hydrogen) atoms. The second-order valence-corrected chi connectivity index (χ2v) is 18.9. The van der Waals surface area contributed by atoms with Gasteiger partial charge >= 0.3 is 24.2 Å². The molecule has 0 radical (unpaired) electrons. The van der Waals surface area contributed by atoms with Gasteiger partial charge in [0.25, 0.3) is 0 Å². The number of nitrogens with zero attached hydrogens (tertiary/aromatic N) is 1. The summed E-state index contributed by atoms with van der Waals surface area (Å²) in [6, 6.07) is 0. The van der Waals surface area contributed by atoms with Crippen LogP contribution in [-0.2, 0) is 42.7 Å². The highest BCUT2D eigenvalue weighted by Gasteiger charge is 2.22. The molecule has 0 aliphatic carbocycles. The fourth-order valence-electron chi connectivity index (χ4n) is 7.85. The smallest absolute Gasteiger partial charge is 0.465 e. The first-order valence-corrected chi connectivity index (χ1v) is 28.4. The molecule has 1 rings (SSSR count). The molecule has 0 aromatic carbocycles. The van der Waals surface area contributed by atoms with Crippen LogP contribution in [0.1, 0.15) is 214 Å². The van der Waals surface area contributed by atoms with Gasteiger partial charge in [0, 0.05) is 39.1 Å². The van der Waals surface area contributed by atoms with Gasteiger partial charge in [-0.3, -0.25) is 9.59 Å². The molecule has 0 aromatic heterocycles. The molecule has 0 bridgehead atoms. The van der Waals surface area contributed by atoms with Crippen LogP contribution in [0.15, 0.2) is 48.6 Å². The van der Waals surface area contributed by atoms with Crippen LogP contribution in [0.5, 0.6) is 0 Å². The van der Waals surface area contributed by atoms with Crippen LogP contribution in [0.2, 0.25) is 0 Å². The van der Waals surface area contributed by atoms with Crippen molar-refractivity contribution in [2.45, 2.75) is 226 Å². The number of hydrogen-bond donors (Lipinski definition) is 1. The van der Waals surface area contributed by atoms with Crippen molar-refractivity contribution in [3.63, 3.8) is 0 Å². The van der Waals surface area contributed by atoms with Gasteiger partial charge in [0.15, 0.2) is 6.29 Å². The van der Waals surface area contributed by atoms with Gasteiger partial charge in [-0.2, -0.15) is 0 Å². The van der Waals surface area contributed by atoms with Gasteiger partial charge in [-0.15, -0.1) is 0 Å². The van der Waals surface area contributed by atoms with Crippen molar-refractivity contribution in [2.24, 2.45) is 5.92 Å². The molecule has 1 heterocycles. The Morgan fingerprint density at radius 2 is 1.03 bits per heavy atom. The van der Waals surface area contributed by atoms with E-state index in [2.05, 4.69) is 86.5 Å². The Morgan fingerprint density at radius 1 is 0.521 bits per heavy atom. The third-order valence-corrected chi connectivity index (χ3v) is 12.2. The predicted molar refractivity (Wildman–Crippen MR) is 286 cm³/mol. The molecule has 1 aliphatic heterocycles. The summed E-state index contributed by atoms with van der Waals surface area (Å²) in [6.07, 6.45) is 42.4. The molecular formula is C58H102N2O11. The first kappa shape index (κ1) is 65.3. The number of hydrogen-bond acceptors (Lipinski definition) is 12. The van der Waals surface area contributed by atoms with Crippen LogP contribution < -0.4 is 5.32 Å². The standard InChI is InChI=1S/C58H102N2O11/c1-5-9-13-17-20-21-22-23-24-25-26-27-28-29-33-39-54(61)67-48-52(49-68-55(62)40-41-56(65-46-36-30-18-14-10-6-2)66-47-37-31-19-15-11-7-3)50-69-58(64)70-51-53(38-32-16-12-8-4)71-57(63)59-42-45-60-43-34-35-44-60/h10-11,14-15,20-21,23-24,52-53,56H,5-9,12-13,16-19,22,25-51H2,1-4H3,(H,59,63)/b14-10-,15-11-,21-20-,24-23?. The molecule has 1 N–H and O–H groups in total. The average Bonchev–Trinajstić information content (AvgIpc) is 3.89. The van der Waals surface area contributed by atoms with E-state index in [9.17, 15) is 19.2 Å². The summed E-state index contributed by atoms with van der Waals surface area (Å²) in [5, 5.41) is 2.83. The molecule has 0 aromatic rings. The van der Waals surface area contributed by atoms with Crippen molar-refractivity contribution < 1.29 is 52.3 Å². The number of nitrogens with one attached hydrogen (secondary N) is 1. The van der Waals surface area contributed by atoms with Gasteiger partial charge in [0.2, 0.25) is 0 Å². The Balaban J connectivity index is 2.75. The zero-order valence-electron chi connectivity index (χ0n) is 45.4. The lowest BCUT2D eigenvalue weighted by atomic mass is 10.1. The molecular weight excluding hydrogens is 901 g/mol. The van der Waals surface area contributed by atoms with E-state index in [0.29, 0.717) is 32.6 Å². The number of amides is 1. The highest BCUT2D eigenvalue weighted by Crippen LogP contribution is 2.15. The van der Waals surface area contributed by atoms with E-state index in [1.807, 2.05) is 0 Å². The molecule has 1 saturated heterocycles. The van der Waals surface area contributed by atoms with Gasteiger partial charge < -0.3 is 43.4 Å². The summed E-state index contributed by atoms with van der Waals surface area (Å²) < 4.78 is 40.1. The number of allylic oxidation sites excluding steroid dienone is 8. The summed E-state index contributed by atoms with van der Waals surface area (Å²) in [5.41, 5.74) is 0. The average molecular weight is 1000 g/mol. The van der Waals surface area contributed by atoms with Crippen LogP contribution >= 0.6 is 0 Å². The maximum absolute atomic E-state index is 13.1.